The van der Waals surface area contributed by atoms with Crippen LogP contribution in [-0.4, -0.2) is 29.9 Å². The number of aryl methyl sites for hydroxylation is 1. The largest absolute Gasteiger partial charge is 0.464 e. The van der Waals surface area contributed by atoms with E-state index >= 15 is 0 Å². The Bertz CT molecular complexity index is 587. The molecule has 0 bridgehead atoms. The van der Waals surface area contributed by atoms with Gasteiger partial charge in [0.25, 0.3) is 5.91 Å². The first-order valence-corrected chi connectivity index (χ1v) is 6.48. The molecule has 2 heterocycles. The summed E-state index contributed by atoms with van der Waals surface area (Å²) in [5.74, 6) is 2.40. The fraction of sp³-hybridized carbons (Fsp3) is 0.333. The number of hydrogen-bond acceptors (Lipinski definition) is 4. The fourth-order valence-corrected chi connectivity index (χ4v) is 1.84. The highest BCUT2D eigenvalue weighted by atomic mass is 16.3. The molecule has 0 saturated heterocycles. The molecule has 0 aliphatic rings. The summed E-state index contributed by atoms with van der Waals surface area (Å²) in [6.07, 6.45) is 1.57. The van der Waals surface area contributed by atoms with Gasteiger partial charge in [-0.3, -0.25) is 4.79 Å². The molecule has 0 aliphatic heterocycles. The van der Waals surface area contributed by atoms with Crippen LogP contribution in [-0.2, 0) is 0 Å². The highest BCUT2D eigenvalue weighted by Gasteiger charge is 2.11. The van der Waals surface area contributed by atoms with Gasteiger partial charge in [0, 0.05) is 20.3 Å². The van der Waals surface area contributed by atoms with Gasteiger partial charge < -0.3 is 14.6 Å². The van der Waals surface area contributed by atoms with Crippen molar-refractivity contribution in [3.8, 4) is 0 Å². The molecule has 0 saturated carbocycles. The zero-order chi connectivity index (χ0) is 14.7. The lowest BCUT2D eigenvalue weighted by molar-refractivity contribution is 0.0827. The van der Waals surface area contributed by atoms with Crippen molar-refractivity contribution in [1.29, 1.82) is 0 Å². The van der Waals surface area contributed by atoms with Gasteiger partial charge in [0.05, 0.1) is 11.6 Å². The summed E-state index contributed by atoms with van der Waals surface area (Å²) < 4.78 is 5.56. The Morgan fingerprint density at radius 2 is 2.05 bits per heavy atom. The van der Waals surface area contributed by atoms with Gasteiger partial charge in [-0.1, -0.05) is 0 Å². The van der Waals surface area contributed by atoms with Crippen molar-refractivity contribution in [3.05, 3.63) is 47.5 Å². The van der Waals surface area contributed by atoms with Gasteiger partial charge in [-0.25, -0.2) is 4.98 Å². The third-order valence-corrected chi connectivity index (χ3v) is 2.97. The van der Waals surface area contributed by atoms with E-state index in [9.17, 15) is 4.79 Å². The predicted molar refractivity (Wildman–Crippen MR) is 77.7 cm³/mol. The van der Waals surface area contributed by atoms with Crippen molar-refractivity contribution in [1.82, 2.24) is 9.88 Å². The summed E-state index contributed by atoms with van der Waals surface area (Å²) >= 11 is 0. The molecule has 0 fully saturated rings. The number of anilines is 1. The lowest BCUT2D eigenvalue weighted by Crippen LogP contribution is -2.21. The van der Waals surface area contributed by atoms with Crippen molar-refractivity contribution in [2.45, 2.75) is 19.9 Å². The van der Waals surface area contributed by atoms with Gasteiger partial charge >= 0.3 is 0 Å². The SMILES string of the molecule is Cc1ccc(C(C)Nc2ccc(C(=O)N(C)C)cn2)o1. The molecule has 0 spiro atoms. The van der Waals surface area contributed by atoms with E-state index in [0.717, 1.165) is 11.5 Å². The van der Waals surface area contributed by atoms with Gasteiger partial charge in [-0.05, 0) is 38.1 Å². The summed E-state index contributed by atoms with van der Waals surface area (Å²) in [7, 11) is 3.44. The van der Waals surface area contributed by atoms with Crippen LogP contribution in [0, 0.1) is 6.92 Å². The van der Waals surface area contributed by atoms with Gasteiger partial charge in [0.15, 0.2) is 0 Å². The number of carbonyl (C=O) groups excluding carboxylic acids is 1. The van der Waals surface area contributed by atoms with Crippen LogP contribution in [0.15, 0.2) is 34.9 Å². The summed E-state index contributed by atoms with van der Waals surface area (Å²) in [5, 5.41) is 3.24. The van der Waals surface area contributed by atoms with Crippen LogP contribution in [0.5, 0.6) is 0 Å². The summed E-state index contributed by atoms with van der Waals surface area (Å²) in [6.45, 7) is 3.91. The number of pyridine rings is 1. The Labute approximate surface area is 118 Å². The Kier molecular flexibility index (Phi) is 4.08. The van der Waals surface area contributed by atoms with Crippen molar-refractivity contribution in [2.24, 2.45) is 0 Å². The number of nitrogens with one attached hydrogen (secondary N) is 1. The minimum absolute atomic E-state index is 0.0200. The van der Waals surface area contributed by atoms with Crippen LogP contribution in [0.25, 0.3) is 0 Å². The quantitative estimate of drug-likeness (QED) is 0.930. The van der Waals surface area contributed by atoms with E-state index in [4.69, 9.17) is 4.42 Å². The average molecular weight is 273 g/mol. The van der Waals surface area contributed by atoms with Gasteiger partial charge in [-0.15, -0.1) is 0 Å². The van der Waals surface area contributed by atoms with E-state index in [0.29, 0.717) is 11.4 Å². The summed E-state index contributed by atoms with van der Waals surface area (Å²) in [4.78, 5) is 17.5. The number of rotatable bonds is 4. The highest BCUT2D eigenvalue weighted by molar-refractivity contribution is 5.93. The molecule has 2 aromatic heterocycles. The molecule has 1 atom stereocenters. The van der Waals surface area contributed by atoms with Crippen LogP contribution < -0.4 is 5.32 Å². The molecular formula is C15H19N3O2. The zero-order valence-electron chi connectivity index (χ0n) is 12.2. The Morgan fingerprint density at radius 1 is 1.30 bits per heavy atom. The molecule has 1 unspecified atom stereocenters. The van der Waals surface area contributed by atoms with Crippen molar-refractivity contribution in [3.63, 3.8) is 0 Å². The van der Waals surface area contributed by atoms with E-state index in [1.165, 1.54) is 4.90 Å². The molecule has 2 aromatic rings. The third kappa shape index (κ3) is 3.17. The second-order valence-corrected chi connectivity index (χ2v) is 4.95. The topological polar surface area (TPSA) is 58.4 Å². The van der Waals surface area contributed by atoms with Crippen LogP contribution in [0.1, 0.15) is 34.8 Å². The van der Waals surface area contributed by atoms with Gasteiger partial charge in [0.1, 0.15) is 17.3 Å². The zero-order valence-corrected chi connectivity index (χ0v) is 12.2. The Hall–Kier alpha value is -2.30. The first-order valence-electron chi connectivity index (χ1n) is 6.48. The summed E-state index contributed by atoms with van der Waals surface area (Å²) in [5.41, 5.74) is 0.571. The van der Waals surface area contributed by atoms with E-state index < -0.39 is 0 Å². The molecule has 20 heavy (non-hydrogen) atoms. The summed E-state index contributed by atoms with van der Waals surface area (Å²) in [6, 6.07) is 7.45. The van der Waals surface area contributed by atoms with Crippen molar-refractivity contribution in [2.75, 3.05) is 19.4 Å². The van der Waals surface area contributed by atoms with Gasteiger partial charge in [-0.2, -0.15) is 0 Å². The average Bonchev–Trinajstić information content (AvgIpc) is 2.85. The number of carbonyl (C=O) groups is 1. The molecule has 0 aliphatic carbocycles. The highest BCUT2D eigenvalue weighted by Crippen LogP contribution is 2.20. The number of aromatic nitrogens is 1. The maximum Gasteiger partial charge on any atom is 0.254 e. The monoisotopic (exact) mass is 273 g/mol. The van der Waals surface area contributed by atoms with E-state index in [-0.39, 0.29) is 11.9 Å². The van der Waals surface area contributed by atoms with Crippen LogP contribution in [0.3, 0.4) is 0 Å². The first kappa shape index (κ1) is 14.1. The second-order valence-electron chi connectivity index (χ2n) is 4.95. The molecule has 1 N–H and O–H groups in total. The lowest BCUT2D eigenvalue weighted by Gasteiger charge is -2.13. The molecule has 5 nitrogen and oxygen atoms in total. The lowest BCUT2D eigenvalue weighted by atomic mass is 10.2. The maximum absolute atomic E-state index is 11.8. The number of amides is 1. The minimum Gasteiger partial charge on any atom is -0.464 e. The van der Waals surface area contributed by atoms with E-state index in [1.807, 2.05) is 26.0 Å². The number of hydrogen-bond donors (Lipinski definition) is 1. The van der Waals surface area contributed by atoms with E-state index in [1.54, 1.807) is 32.4 Å². The van der Waals surface area contributed by atoms with E-state index in [2.05, 4.69) is 10.3 Å². The molecule has 2 rings (SSSR count). The van der Waals surface area contributed by atoms with Crippen molar-refractivity contribution < 1.29 is 9.21 Å². The standard InChI is InChI=1S/C15H19N3O2/c1-10-5-7-13(20-10)11(2)17-14-8-6-12(9-16-14)15(19)18(3)4/h5-9,11H,1-4H3,(H,16,17). The molecule has 0 radical (unpaired) electrons. The predicted octanol–water partition coefficient (Wildman–Crippen LogP) is 2.86. The van der Waals surface area contributed by atoms with Crippen LogP contribution in [0.2, 0.25) is 0 Å². The normalized spacial score (nSPS) is 12.0. The minimum atomic E-state index is -0.0567. The number of furan rings is 1. The fourth-order valence-electron chi connectivity index (χ4n) is 1.84. The van der Waals surface area contributed by atoms with Gasteiger partial charge in [0.2, 0.25) is 0 Å². The first-order chi connectivity index (χ1) is 9.47. The smallest absolute Gasteiger partial charge is 0.254 e. The molecule has 5 heteroatoms. The van der Waals surface area contributed by atoms with Crippen molar-refractivity contribution >= 4 is 11.7 Å². The molecule has 0 aromatic carbocycles. The maximum atomic E-state index is 11.8. The molecule has 1 amide bonds. The van der Waals surface area contributed by atoms with Crippen LogP contribution in [0.4, 0.5) is 5.82 Å². The third-order valence-electron chi connectivity index (χ3n) is 2.97. The number of nitrogens with zero attached hydrogens (tertiary/aromatic N) is 2. The Balaban J connectivity index is 2.05. The molecule has 106 valence electrons. The molecular weight excluding hydrogens is 254 g/mol. The van der Waals surface area contributed by atoms with Crippen LogP contribution >= 0.6 is 0 Å². The second kappa shape index (κ2) is 5.77. The Morgan fingerprint density at radius 3 is 2.55 bits per heavy atom.